The molecule has 0 fully saturated rings. The summed E-state index contributed by atoms with van der Waals surface area (Å²) in [6, 6.07) is 7.49. The van der Waals surface area contributed by atoms with Crippen LogP contribution in [0.5, 0.6) is 0 Å². The summed E-state index contributed by atoms with van der Waals surface area (Å²) >= 11 is 0. The number of ether oxygens (including phenoxy) is 3. The normalized spacial score (nSPS) is 12.4. The van der Waals surface area contributed by atoms with Gasteiger partial charge in [-0.3, -0.25) is 4.21 Å². The van der Waals surface area contributed by atoms with Crippen LogP contribution in [0, 0.1) is 0 Å². The summed E-state index contributed by atoms with van der Waals surface area (Å²) in [6.07, 6.45) is 2.28. The first-order chi connectivity index (χ1) is 12.3. The average molecular weight is 368 g/mol. The van der Waals surface area contributed by atoms with Crippen molar-refractivity contribution in [1.29, 1.82) is 0 Å². The van der Waals surface area contributed by atoms with Crippen molar-refractivity contribution in [1.82, 2.24) is 9.97 Å². The highest BCUT2D eigenvalue weighted by atomic mass is 32.2. The fraction of sp³-hybridized carbons (Fsp3) is 0.471. The molecule has 0 bridgehead atoms. The molecule has 7 nitrogen and oxygen atoms in total. The minimum absolute atomic E-state index is 0.0581. The lowest BCUT2D eigenvalue weighted by atomic mass is 10.1. The van der Waals surface area contributed by atoms with Crippen LogP contribution in [0.15, 0.2) is 35.6 Å². The monoisotopic (exact) mass is 368 g/mol. The smallest absolute Gasteiger partial charge is 0.196 e. The fourth-order valence-corrected chi connectivity index (χ4v) is 3.15. The van der Waals surface area contributed by atoms with Crippen molar-refractivity contribution < 1.29 is 23.5 Å². The number of imidazole rings is 1. The number of methoxy groups -OCH3 is 1. The Morgan fingerprint density at radius 1 is 1.20 bits per heavy atom. The Hall–Kier alpha value is -1.58. The van der Waals surface area contributed by atoms with E-state index in [0.717, 1.165) is 16.8 Å². The quantitative estimate of drug-likeness (QED) is 0.437. The predicted molar refractivity (Wildman–Crippen MR) is 94.5 cm³/mol. The van der Waals surface area contributed by atoms with E-state index in [1.807, 2.05) is 24.3 Å². The molecule has 2 N–H and O–H groups in total. The van der Waals surface area contributed by atoms with Gasteiger partial charge in [0.05, 0.1) is 49.1 Å². The summed E-state index contributed by atoms with van der Waals surface area (Å²) in [7, 11) is 0.388. The standard InChI is InChI=1S/C17H24N2O5S/c1-22-8-9-24-13-23-7-4-10-25(21)17-18-11-16(19-17)15-6-3-2-5-14(15)12-20/h2-3,5-6,11,20H,4,7-10,12-13H2,1H3,(H,18,19)/t25-/m0/s1. The van der Waals surface area contributed by atoms with Crippen molar-refractivity contribution >= 4 is 10.8 Å². The van der Waals surface area contributed by atoms with Crippen molar-refractivity contribution in [2.24, 2.45) is 0 Å². The van der Waals surface area contributed by atoms with Gasteiger partial charge in [-0.15, -0.1) is 0 Å². The molecule has 2 rings (SSSR count). The number of aromatic amines is 1. The molecule has 1 atom stereocenters. The number of hydrogen-bond acceptors (Lipinski definition) is 6. The molecule has 8 heteroatoms. The number of rotatable bonds is 12. The SMILES string of the molecule is COCCOCOCCC[S@](=O)c1ncc(-c2ccccc2CO)[nH]1. The lowest BCUT2D eigenvalue weighted by Gasteiger charge is -2.05. The Morgan fingerprint density at radius 3 is 2.80 bits per heavy atom. The number of aromatic nitrogens is 2. The summed E-state index contributed by atoms with van der Waals surface area (Å²) in [5.74, 6) is 0.451. The topological polar surface area (TPSA) is 93.7 Å². The van der Waals surface area contributed by atoms with Crippen molar-refractivity contribution in [3.63, 3.8) is 0 Å². The summed E-state index contributed by atoms with van der Waals surface area (Å²) < 4.78 is 27.6. The minimum atomic E-state index is -1.23. The second-order valence-corrected chi connectivity index (χ2v) is 6.73. The maximum Gasteiger partial charge on any atom is 0.196 e. The first-order valence-corrected chi connectivity index (χ1v) is 9.35. The summed E-state index contributed by atoms with van der Waals surface area (Å²) in [6.45, 7) is 1.65. The van der Waals surface area contributed by atoms with Crippen molar-refractivity contribution in [3.8, 4) is 11.3 Å². The zero-order valence-corrected chi connectivity index (χ0v) is 15.1. The van der Waals surface area contributed by atoms with Crippen LogP contribution in [0.25, 0.3) is 11.3 Å². The predicted octanol–water partition coefficient (Wildman–Crippen LogP) is 1.70. The molecule has 0 aliphatic rings. The fourth-order valence-electron chi connectivity index (χ4n) is 2.18. The Morgan fingerprint density at radius 2 is 2.00 bits per heavy atom. The molecule has 0 unspecified atom stereocenters. The van der Waals surface area contributed by atoms with Crippen LogP contribution in [0.2, 0.25) is 0 Å². The van der Waals surface area contributed by atoms with Gasteiger partial charge < -0.3 is 24.3 Å². The third kappa shape index (κ3) is 6.33. The van der Waals surface area contributed by atoms with Gasteiger partial charge in [0.2, 0.25) is 0 Å². The van der Waals surface area contributed by atoms with Crippen LogP contribution in [0.3, 0.4) is 0 Å². The van der Waals surface area contributed by atoms with Gasteiger partial charge in [-0.25, -0.2) is 4.98 Å². The molecule has 0 amide bonds. The Labute approximate surface area is 149 Å². The molecule has 0 aliphatic heterocycles. The molecular weight excluding hydrogens is 344 g/mol. The lowest BCUT2D eigenvalue weighted by Crippen LogP contribution is -2.08. The molecule has 138 valence electrons. The highest BCUT2D eigenvalue weighted by Gasteiger charge is 2.11. The Bertz CT molecular complexity index is 662. The van der Waals surface area contributed by atoms with E-state index in [1.54, 1.807) is 13.3 Å². The Balaban J connectivity index is 1.77. The molecule has 1 heterocycles. The van der Waals surface area contributed by atoms with Crippen LogP contribution in [-0.2, 0) is 31.6 Å². The third-order valence-corrected chi connectivity index (χ3v) is 4.76. The zero-order chi connectivity index (χ0) is 17.9. The van der Waals surface area contributed by atoms with Gasteiger partial charge in [0.25, 0.3) is 0 Å². The van der Waals surface area contributed by atoms with E-state index in [9.17, 15) is 9.32 Å². The van der Waals surface area contributed by atoms with Crippen LogP contribution in [0.1, 0.15) is 12.0 Å². The number of aliphatic hydroxyl groups excluding tert-OH is 1. The van der Waals surface area contributed by atoms with Crippen molar-refractivity contribution in [2.75, 3.05) is 39.5 Å². The zero-order valence-electron chi connectivity index (χ0n) is 14.3. The van der Waals surface area contributed by atoms with Gasteiger partial charge in [0, 0.05) is 18.4 Å². The van der Waals surface area contributed by atoms with E-state index in [-0.39, 0.29) is 13.4 Å². The van der Waals surface area contributed by atoms with Crippen LogP contribution in [-0.4, -0.2) is 58.8 Å². The van der Waals surface area contributed by atoms with Gasteiger partial charge in [0.15, 0.2) is 5.16 Å². The first-order valence-electron chi connectivity index (χ1n) is 8.03. The van der Waals surface area contributed by atoms with E-state index < -0.39 is 10.8 Å². The number of hydrogen-bond donors (Lipinski definition) is 2. The van der Waals surface area contributed by atoms with Crippen molar-refractivity contribution in [3.05, 3.63) is 36.0 Å². The molecular formula is C17H24N2O5S. The first kappa shape index (κ1) is 19.7. The molecule has 0 saturated carbocycles. The number of H-pyrrole nitrogens is 1. The summed E-state index contributed by atoms with van der Waals surface area (Å²) in [4.78, 5) is 7.28. The number of benzene rings is 1. The number of nitrogens with one attached hydrogen (secondary N) is 1. The second-order valence-electron chi connectivity index (χ2n) is 5.25. The van der Waals surface area contributed by atoms with Gasteiger partial charge in [-0.2, -0.15) is 0 Å². The molecule has 0 spiro atoms. The average Bonchev–Trinajstić information content (AvgIpc) is 3.13. The number of aliphatic hydroxyl groups is 1. The third-order valence-electron chi connectivity index (χ3n) is 3.46. The molecule has 1 aromatic heterocycles. The van der Waals surface area contributed by atoms with E-state index in [1.165, 1.54) is 0 Å². The van der Waals surface area contributed by atoms with Crippen molar-refractivity contribution in [2.45, 2.75) is 18.2 Å². The molecule has 0 aliphatic carbocycles. The minimum Gasteiger partial charge on any atom is -0.392 e. The van der Waals surface area contributed by atoms with Crippen LogP contribution >= 0.6 is 0 Å². The van der Waals surface area contributed by atoms with Crippen LogP contribution in [0.4, 0.5) is 0 Å². The maximum atomic E-state index is 12.3. The second kappa shape index (κ2) is 11.1. The van der Waals surface area contributed by atoms with Crippen LogP contribution < -0.4 is 0 Å². The molecule has 0 radical (unpaired) electrons. The lowest BCUT2D eigenvalue weighted by molar-refractivity contribution is -0.0652. The summed E-state index contributed by atoms with van der Waals surface area (Å²) in [5.41, 5.74) is 2.40. The highest BCUT2D eigenvalue weighted by Crippen LogP contribution is 2.22. The summed E-state index contributed by atoms with van der Waals surface area (Å²) in [5, 5.41) is 9.83. The molecule has 0 saturated heterocycles. The largest absolute Gasteiger partial charge is 0.392 e. The van der Waals surface area contributed by atoms with E-state index >= 15 is 0 Å². The highest BCUT2D eigenvalue weighted by molar-refractivity contribution is 7.84. The van der Waals surface area contributed by atoms with E-state index in [2.05, 4.69) is 9.97 Å². The maximum absolute atomic E-state index is 12.3. The van der Waals surface area contributed by atoms with Gasteiger partial charge in [-0.1, -0.05) is 24.3 Å². The van der Waals surface area contributed by atoms with Gasteiger partial charge in [-0.05, 0) is 12.0 Å². The molecule has 1 aromatic carbocycles. The Kier molecular flexibility index (Phi) is 8.78. The van der Waals surface area contributed by atoms with Gasteiger partial charge >= 0.3 is 0 Å². The molecule has 25 heavy (non-hydrogen) atoms. The molecule has 2 aromatic rings. The van der Waals surface area contributed by atoms with E-state index in [4.69, 9.17) is 14.2 Å². The van der Waals surface area contributed by atoms with Gasteiger partial charge in [0.1, 0.15) is 6.79 Å². The number of nitrogens with zero attached hydrogens (tertiary/aromatic N) is 1. The van der Waals surface area contributed by atoms with E-state index in [0.29, 0.717) is 37.2 Å².